The van der Waals surface area contributed by atoms with Crippen molar-refractivity contribution >= 4 is 17.4 Å². The summed E-state index contributed by atoms with van der Waals surface area (Å²) >= 11 is 6.11. The molecule has 0 saturated heterocycles. The number of fused-ring (bicyclic) bond motifs is 2. The number of halogens is 1. The third-order valence-electron chi connectivity index (χ3n) is 5.58. The van der Waals surface area contributed by atoms with Gasteiger partial charge >= 0.3 is 0 Å². The van der Waals surface area contributed by atoms with Gasteiger partial charge in [-0.25, -0.2) is 9.97 Å². The van der Waals surface area contributed by atoms with Gasteiger partial charge in [0.2, 0.25) is 0 Å². The second-order valence-corrected chi connectivity index (χ2v) is 7.80. The Bertz CT molecular complexity index is 544. The highest BCUT2D eigenvalue weighted by atomic mass is 35.5. The number of methoxy groups -OCH3 is 1. The summed E-state index contributed by atoms with van der Waals surface area (Å²) in [4.78, 5) is 8.72. The smallest absolute Gasteiger partial charge is 0.158 e. The van der Waals surface area contributed by atoms with Crippen LogP contribution in [-0.4, -0.2) is 23.1 Å². The lowest BCUT2D eigenvalue weighted by molar-refractivity contribution is 0.155. The van der Waals surface area contributed by atoms with Crippen molar-refractivity contribution in [2.45, 2.75) is 52.7 Å². The van der Waals surface area contributed by atoms with Crippen molar-refractivity contribution in [1.29, 1.82) is 0 Å². The lowest BCUT2D eigenvalue weighted by atomic mass is 9.68. The molecule has 3 unspecified atom stereocenters. The van der Waals surface area contributed by atoms with Crippen molar-refractivity contribution in [3.8, 4) is 0 Å². The largest absolute Gasteiger partial charge is 0.377 e. The van der Waals surface area contributed by atoms with Crippen LogP contribution in [0.2, 0.25) is 5.15 Å². The lowest BCUT2D eigenvalue weighted by Crippen LogP contribution is -2.46. The van der Waals surface area contributed by atoms with Crippen LogP contribution in [-0.2, 0) is 11.3 Å². The molecule has 0 amide bonds. The van der Waals surface area contributed by atoms with E-state index in [1.165, 1.54) is 19.3 Å². The summed E-state index contributed by atoms with van der Waals surface area (Å²) in [7, 11) is 1.64. The molecule has 3 atom stereocenters. The molecule has 0 aliphatic heterocycles. The fraction of sp³-hybridized carbons (Fsp3) is 0.750. The summed E-state index contributed by atoms with van der Waals surface area (Å²) in [5.41, 5.74) is 0.638. The zero-order valence-electron chi connectivity index (χ0n) is 13.2. The third-order valence-corrected chi connectivity index (χ3v) is 5.77. The molecule has 5 heteroatoms. The quantitative estimate of drug-likeness (QED) is 0.857. The molecule has 3 rings (SSSR count). The Balaban J connectivity index is 1.86. The van der Waals surface area contributed by atoms with E-state index >= 15 is 0 Å². The van der Waals surface area contributed by atoms with Gasteiger partial charge in [0.15, 0.2) is 5.82 Å². The average molecular weight is 310 g/mol. The molecule has 0 aromatic carbocycles. The van der Waals surface area contributed by atoms with E-state index in [-0.39, 0.29) is 5.41 Å². The van der Waals surface area contributed by atoms with E-state index in [0.29, 0.717) is 29.0 Å². The summed E-state index contributed by atoms with van der Waals surface area (Å²) in [6.45, 7) is 7.53. The second-order valence-electron chi connectivity index (χ2n) is 7.42. The zero-order valence-corrected chi connectivity index (χ0v) is 14.0. The SMILES string of the molecule is COCc1nc(Cl)cc(NC2C3(C)CCC(C3)C2(C)C)n1. The summed E-state index contributed by atoms with van der Waals surface area (Å²) in [6.07, 6.45) is 3.95. The van der Waals surface area contributed by atoms with Gasteiger partial charge in [-0.1, -0.05) is 32.4 Å². The molecule has 2 aliphatic rings. The Morgan fingerprint density at radius 1 is 1.38 bits per heavy atom. The fourth-order valence-electron chi connectivity index (χ4n) is 4.54. The van der Waals surface area contributed by atoms with Crippen molar-refractivity contribution in [2.75, 3.05) is 12.4 Å². The minimum absolute atomic E-state index is 0.284. The van der Waals surface area contributed by atoms with Crippen LogP contribution < -0.4 is 5.32 Å². The van der Waals surface area contributed by atoms with Crippen molar-refractivity contribution < 1.29 is 4.74 Å². The zero-order chi connectivity index (χ0) is 15.3. The normalized spacial score (nSPS) is 33.4. The van der Waals surface area contributed by atoms with Gasteiger partial charge in [-0.3, -0.25) is 0 Å². The Kier molecular flexibility index (Phi) is 3.65. The average Bonchev–Trinajstić information content (AvgIpc) is 2.86. The molecule has 2 aliphatic carbocycles. The van der Waals surface area contributed by atoms with Crippen LogP contribution in [0.25, 0.3) is 0 Å². The van der Waals surface area contributed by atoms with Crippen LogP contribution in [0.4, 0.5) is 5.82 Å². The molecule has 2 fully saturated rings. The standard InChI is InChI=1S/C16H24ClN3O/c1-15(2)10-5-6-16(3,8-10)14(15)20-12-7-11(17)18-13(19-12)9-21-4/h7,10,14H,5-6,8-9H2,1-4H3,(H,18,19,20). The highest BCUT2D eigenvalue weighted by Crippen LogP contribution is 2.63. The monoisotopic (exact) mass is 309 g/mol. The highest BCUT2D eigenvalue weighted by molar-refractivity contribution is 6.29. The Morgan fingerprint density at radius 2 is 2.14 bits per heavy atom. The molecule has 2 saturated carbocycles. The molecule has 0 radical (unpaired) electrons. The number of anilines is 1. The van der Waals surface area contributed by atoms with E-state index in [2.05, 4.69) is 36.1 Å². The van der Waals surface area contributed by atoms with Crippen LogP contribution in [0.1, 0.15) is 45.9 Å². The number of hydrogen-bond acceptors (Lipinski definition) is 4. The van der Waals surface area contributed by atoms with Gasteiger partial charge in [0.25, 0.3) is 0 Å². The first-order valence-electron chi connectivity index (χ1n) is 7.64. The molecule has 21 heavy (non-hydrogen) atoms. The molecule has 2 bridgehead atoms. The van der Waals surface area contributed by atoms with Crippen molar-refractivity contribution in [3.63, 3.8) is 0 Å². The maximum atomic E-state index is 6.11. The van der Waals surface area contributed by atoms with Crippen LogP contribution in [0.3, 0.4) is 0 Å². The molecule has 1 N–H and O–H groups in total. The molecule has 0 spiro atoms. The van der Waals surface area contributed by atoms with Crippen molar-refractivity contribution in [1.82, 2.24) is 9.97 Å². The van der Waals surface area contributed by atoms with Gasteiger partial charge in [-0.2, -0.15) is 0 Å². The third kappa shape index (κ3) is 2.53. The summed E-state index contributed by atoms with van der Waals surface area (Å²) < 4.78 is 5.11. The van der Waals surface area contributed by atoms with Crippen molar-refractivity contribution in [2.24, 2.45) is 16.7 Å². The number of hydrogen-bond donors (Lipinski definition) is 1. The highest BCUT2D eigenvalue weighted by Gasteiger charge is 2.59. The van der Waals surface area contributed by atoms with Crippen molar-refractivity contribution in [3.05, 3.63) is 17.0 Å². The minimum atomic E-state index is 0.284. The number of rotatable bonds is 4. The van der Waals surface area contributed by atoms with Crippen LogP contribution in [0.15, 0.2) is 6.07 Å². The predicted octanol–water partition coefficient (Wildman–Crippen LogP) is 3.90. The van der Waals surface area contributed by atoms with Crippen LogP contribution >= 0.6 is 11.6 Å². The maximum Gasteiger partial charge on any atom is 0.158 e. The summed E-state index contributed by atoms with van der Waals surface area (Å²) in [5, 5.41) is 4.12. The second kappa shape index (κ2) is 5.10. The van der Waals surface area contributed by atoms with Gasteiger partial charge in [-0.15, -0.1) is 0 Å². The van der Waals surface area contributed by atoms with E-state index in [9.17, 15) is 0 Å². The number of aromatic nitrogens is 2. The maximum absolute atomic E-state index is 6.11. The molecule has 116 valence electrons. The first kappa shape index (κ1) is 15.0. The van der Waals surface area contributed by atoms with Gasteiger partial charge in [-0.05, 0) is 36.0 Å². The summed E-state index contributed by atoms with van der Waals surface area (Å²) in [5.74, 6) is 2.24. The molecule has 1 aromatic rings. The Morgan fingerprint density at radius 3 is 2.76 bits per heavy atom. The number of nitrogens with zero attached hydrogens (tertiary/aromatic N) is 2. The number of nitrogens with one attached hydrogen (secondary N) is 1. The molecular formula is C16H24ClN3O. The minimum Gasteiger partial charge on any atom is -0.377 e. The van der Waals surface area contributed by atoms with Gasteiger partial charge in [0.1, 0.15) is 17.6 Å². The first-order valence-corrected chi connectivity index (χ1v) is 8.02. The van der Waals surface area contributed by atoms with Crippen LogP contribution in [0.5, 0.6) is 0 Å². The van der Waals surface area contributed by atoms with Gasteiger partial charge in [0.05, 0.1) is 0 Å². The molecule has 1 aromatic heterocycles. The van der Waals surface area contributed by atoms with E-state index in [0.717, 1.165) is 11.7 Å². The molecular weight excluding hydrogens is 286 g/mol. The van der Waals surface area contributed by atoms with E-state index in [1.54, 1.807) is 7.11 Å². The first-order chi connectivity index (χ1) is 9.85. The molecule has 1 heterocycles. The van der Waals surface area contributed by atoms with E-state index < -0.39 is 0 Å². The van der Waals surface area contributed by atoms with Gasteiger partial charge < -0.3 is 10.1 Å². The van der Waals surface area contributed by atoms with E-state index in [4.69, 9.17) is 16.3 Å². The Labute approximate surface area is 131 Å². The van der Waals surface area contributed by atoms with E-state index in [1.807, 2.05) is 6.07 Å². The topological polar surface area (TPSA) is 47.0 Å². The van der Waals surface area contributed by atoms with Crippen LogP contribution in [0, 0.1) is 16.7 Å². The molecule has 4 nitrogen and oxygen atoms in total. The fourth-order valence-corrected chi connectivity index (χ4v) is 4.74. The number of ether oxygens (including phenoxy) is 1. The lowest BCUT2D eigenvalue weighted by Gasteiger charge is -2.43. The Hall–Kier alpha value is -0.870. The predicted molar refractivity (Wildman–Crippen MR) is 84.4 cm³/mol. The summed E-state index contributed by atoms with van der Waals surface area (Å²) in [6, 6.07) is 2.23. The van der Waals surface area contributed by atoms with Gasteiger partial charge in [0, 0.05) is 19.2 Å².